The summed E-state index contributed by atoms with van der Waals surface area (Å²) >= 11 is 1.44. The van der Waals surface area contributed by atoms with Gasteiger partial charge in [0.05, 0.1) is 16.6 Å². The number of hydrogen-bond acceptors (Lipinski definition) is 4. The van der Waals surface area contributed by atoms with Gasteiger partial charge in [0, 0.05) is 28.3 Å². The van der Waals surface area contributed by atoms with Gasteiger partial charge in [-0.25, -0.2) is 0 Å². The van der Waals surface area contributed by atoms with Crippen molar-refractivity contribution in [3.63, 3.8) is 0 Å². The molecule has 1 aliphatic rings. The summed E-state index contributed by atoms with van der Waals surface area (Å²) in [5.41, 5.74) is -5.34. The van der Waals surface area contributed by atoms with Crippen LogP contribution in [0.5, 0.6) is 5.75 Å². The average molecular weight is 474 g/mol. The standard InChI is InChI=1S/C20H12F6N2O3S/c21-19(22,23)9-6-10(20(24,25)26)8-11(7-9)27-17(30)14-16(29)12-2-1-3-13-15(12)28(18(14)31)4-5-32-13/h1-3,6-8,29H,4-5H2,(H,27,30). The van der Waals surface area contributed by atoms with Crippen LogP contribution in [0.3, 0.4) is 0 Å². The number of alkyl halides is 6. The minimum atomic E-state index is -5.11. The smallest absolute Gasteiger partial charge is 0.416 e. The molecule has 2 aromatic carbocycles. The first-order chi connectivity index (χ1) is 14.9. The van der Waals surface area contributed by atoms with E-state index in [1.165, 1.54) is 22.4 Å². The predicted octanol–water partition coefficient (Wildman–Crippen LogP) is 5.10. The summed E-state index contributed by atoms with van der Waals surface area (Å²) in [7, 11) is 0. The Balaban J connectivity index is 1.83. The third kappa shape index (κ3) is 3.78. The number of thioether (sulfide) groups is 1. The molecule has 0 saturated heterocycles. The normalized spacial score (nSPS) is 13.9. The summed E-state index contributed by atoms with van der Waals surface area (Å²) < 4.78 is 79.7. The van der Waals surface area contributed by atoms with Crippen LogP contribution in [0.4, 0.5) is 32.0 Å². The van der Waals surface area contributed by atoms with Gasteiger partial charge in [-0.3, -0.25) is 9.59 Å². The van der Waals surface area contributed by atoms with Crippen LogP contribution in [0.1, 0.15) is 21.5 Å². The van der Waals surface area contributed by atoms with Gasteiger partial charge < -0.3 is 15.0 Å². The van der Waals surface area contributed by atoms with Crippen LogP contribution < -0.4 is 10.9 Å². The molecule has 168 valence electrons. The van der Waals surface area contributed by atoms with Gasteiger partial charge in [-0.15, -0.1) is 11.8 Å². The number of rotatable bonds is 2. The maximum atomic E-state index is 13.1. The van der Waals surface area contributed by atoms with Gasteiger partial charge in [0.25, 0.3) is 11.5 Å². The van der Waals surface area contributed by atoms with Gasteiger partial charge in [-0.05, 0) is 30.3 Å². The van der Waals surface area contributed by atoms with Crippen molar-refractivity contribution < 1.29 is 36.2 Å². The highest BCUT2D eigenvalue weighted by atomic mass is 32.2. The van der Waals surface area contributed by atoms with Crippen molar-refractivity contribution in [2.45, 2.75) is 23.8 Å². The number of pyridine rings is 1. The highest BCUT2D eigenvalue weighted by Crippen LogP contribution is 2.39. The minimum Gasteiger partial charge on any atom is -0.506 e. The lowest BCUT2D eigenvalue weighted by Gasteiger charge is -2.21. The molecule has 1 aromatic heterocycles. The Labute approximate surface area is 179 Å². The molecule has 1 aliphatic heterocycles. The van der Waals surface area contributed by atoms with E-state index in [0.29, 0.717) is 28.3 Å². The lowest BCUT2D eigenvalue weighted by Crippen LogP contribution is -2.31. The maximum absolute atomic E-state index is 13.1. The van der Waals surface area contributed by atoms with Gasteiger partial charge in [0.1, 0.15) is 11.3 Å². The number of halogens is 6. The SMILES string of the molecule is O=C(Nc1cc(C(F)(F)F)cc(C(F)(F)F)c1)c1c(O)c2cccc3c2n(c1=O)CCS3. The van der Waals surface area contributed by atoms with Crippen molar-refractivity contribution in [3.8, 4) is 5.75 Å². The number of aromatic nitrogens is 1. The van der Waals surface area contributed by atoms with E-state index in [4.69, 9.17) is 0 Å². The summed E-state index contributed by atoms with van der Waals surface area (Å²) in [5, 5.41) is 12.6. The number of hydrogen-bond donors (Lipinski definition) is 2. The first-order valence-electron chi connectivity index (χ1n) is 9.00. The summed E-state index contributed by atoms with van der Waals surface area (Å²) in [6, 6.07) is 5.33. The van der Waals surface area contributed by atoms with Crippen LogP contribution in [-0.4, -0.2) is 21.3 Å². The molecule has 2 N–H and O–H groups in total. The number of amides is 1. The molecular weight excluding hydrogens is 462 g/mol. The molecule has 32 heavy (non-hydrogen) atoms. The Bertz CT molecular complexity index is 1280. The quantitative estimate of drug-likeness (QED) is 0.507. The Morgan fingerprint density at radius 2 is 1.66 bits per heavy atom. The van der Waals surface area contributed by atoms with E-state index < -0.39 is 51.9 Å². The van der Waals surface area contributed by atoms with Crippen molar-refractivity contribution in [1.29, 1.82) is 0 Å². The van der Waals surface area contributed by atoms with Gasteiger partial charge in [0.15, 0.2) is 0 Å². The largest absolute Gasteiger partial charge is 0.506 e. The molecule has 0 aliphatic carbocycles. The lowest BCUT2D eigenvalue weighted by atomic mass is 10.1. The van der Waals surface area contributed by atoms with Crippen molar-refractivity contribution in [2.75, 3.05) is 11.1 Å². The van der Waals surface area contributed by atoms with Crippen LogP contribution in [0.15, 0.2) is 46.1 Å². The van der Waals surface area contributed by atoms with Crippen LogP contribution in [0, 0.1) is 0 Å². The third-order valence-electron chi connectivity index (χ3n) is 4.86. The summed E-state index contributed by atoms with van der Waals surface area (Å²) in [5.74, 6) is -1.53. The first kappa shape index (κ1) is 22.1. The van der Waals surface area contributed by atoms with E-state index >= 15 is 0 Å². The van der Waals surface area contributed by atoms with Crippen molar-refractivity contribution >= 4 is 34.3 Å². The number of aryl methyl sites for hydroxylation is 1. The zero-order valence-corrected chi connectivity index (χ0v) is 16.6. The number of nitrogens with one attached hydrogen (secondary N) is 1. The minimum absolute atomic E-state index is 0.0820. The van der Waals surface area contributed by atoms with E-state index in [-0.39, 0.29) is 18.0 Å². The molecule has 0 unspecified atom stereocenters. The first-order valence-corrected chi connectivity index (χ1v) is 9.98. The fourth-order valence-electron chi connectivity index (χ4n) is 3.47. The number of carbonyl (C=O) groups is 1. The molecule has 4 rings (SSSR count). The van der Waals surface area contributed by atoms with Crippen molar-refractivity contribution in [1.82, 2.24) is 4.57 Å². The number of carbonyl (C=O) groups excluding carboxylic acids is 1. The number of anilines is 1. The van der Waals surface area contributed by atoms with Crippen molar-refractivity contribution in [2.24, 2.45) is 0 Å². The second-order valence-corrected chi connectivity index (χ2v) is 8.07. The topological polar surface area (TPSA) is 71.3 Å². The number of nitrogens with zero attached hydrogens (tertiary/aromatic N) is 1. The molecular formula is C20H12F6N2O3S. The zero-order chi connectivity index (χ0) is 23.4. The van der Waals surface area contributed by atoms with Gasteiger partial charge in [0.2, 0.25) is 0 Å². The molecule has 0 radical (unpaired) electrons. The van der Waals surface area contributed by atoms with Crippen molar-refractivity contribution in [3.05, 3.63) is 63.4 Å². The summed E-state index contributed by atoms with van der Waals surface area (Å²) in [4.78, 5) is 26.3. The highest BCUT2D eigenvalue weighted by molar-refractivity contribution is 7.99. The molecule has 2 heterocycles. The Kier molecular flexibility index (Phi) is 5.15. The van der Waals surface area contributed by atoms with Gasteiger partial charge in [-0.1, -0.05) is 6.07 Å². The fraction of sp³-hybridized carbons (Fsp3) is 0.200. The second kappa shape index (κ2) is 7.47. The molecule has 0 saturated carbocycles. The van der Waals surface area contributed by atoms with Crippen LogP contribution >= 0.6 is 11.8 Å². The highest BCUT2D eigenvalue weighted by Gasteiger charge is 2.37. The molecule has 0 fully saturated rings. The molecule has 3 aromatic rings. The van der Waals surface area contributed by atoms with Crippen LogP contribution in [0.2, 0.25) is 0 Å². The van der Waals surface area contributed by atoms with E-state index in [2.05, 4.69) is 0 Å². The second-order valence-electron chi connectivity index (χ2n) is 6.93. The molecule has 12 heteroatoms. The fourth-order valence-corrected chi connectivity index (χ4v) is 4.49. The third-order valence-corrected chi connectivity index (χ3v) is 5.89. The van der Waals surface area contributed by atoms with Gasteiger partial charge >= 0.3 is 12.4 Å². The Hall–Kier alpha value is -3.15. The summed E-state index contributed by atoms with van der Waals surface area (Å²) in [6.07, 6.45) is -10.2. The van der Waals surface area contributed by atoms with E-state index in [1.807, 2.05) is 5.32 Å². The molecule has 0 atom stereocenters. The Morgan fingerprint density at radius 1 is 1.03 bits per heavy atom. The Morgan fingerprint density at radius 3 is 2.25 bits per heavy atom. The number of aromatic hydroxyl groups is 1. The lowest BCUT2D eigenvalue weighted by molar-refractivity contribution is -0.143. The van der Waals surface area contributed by atoms with Crippen LogP contribution in [0.25, 0.3) is 10.9 Å². The maximum Gasteiger partial charge on any atom is 0.416 e. The molecule has 1 amide bonds. The van der Waals surface area contributed by atoms with E-state index in [9.17, 15) is 41.0 Å². The molecule has 0 bridgehead atoms. The molecule has 0 spiro atoms. The monoisotopic (exact) mass is 474 g/mol. The van der Waals surface area contributed by atoms with E-state index in [1.54, 1.807) is 12.1 Å². The zero-order valence-electron chi connectivity index (χ0n) is 15.8. The molecule has 5 nitrogen and oxygen atoms in total. The van der Waals surface area contributed by atoms with E-state index in [0.717, 1.165) is 0 Å². The average Bonchev–Trinajstić information content (AvgIpc) is 2.70. The predicted molar refractivity (Wildman–Crippen MR) is 105 cm³/mol. The number of para-hydroxylation sites is 1. The summed E-state index contributed by atoms with van der Waals surface area (Å²) in [6.45, 7) is 0.208. The number of benzene rings is 2. The van der Waals surface area contributed by atoms with Crippen LogP contribution in [-0.2, 0) is 18.9 Å². The van der Waals surface area contributed by atoms with Gasteiger partial charge in [-0.2, -0.15) is 26.3 Å².